The zero-order valence-corrected chi connectivity index (χ0v) is 50.6. The van der Waals surface area contributed by atoms with E-state index in [1.807, 2.05) is 0 Å². The quantitative estimate of drug-likeness (QED) is 0.0228. The van der Waals surface area contributed by atoms with Gasteiger partial charge in [0, 0.05) is 19.3 Å². The number of aliphatic hydroxyl groups excluding tert-OH is 2. The van der Waals surface area contributed by atoms with Crippen LogP contribution in [-0.2, 0) is 42.9 Å². The third-order valence-electron chi connectivity index (χ3n) is 14.9. The van der Waals surface area contributed by atoms with Gasteiger partial charge in [-0.3, -0.25) is 14.4 Å². The number of aliphatic carboxylic acids is 1. The van der Waals surface area contributed by atoms with Crippen LogP contribution < -0.4 is 0 Å². The van der Waals surface area contributed by atoms with Gasteiger partial charge in [-0.15, -0.1) is 0 Å². The standard InChI is InChI=1S/C67H118O12/c1-4-7-10-13-16-19-22-25-27-29-30-32-34-37-40-43-46-49-52-55-61(70)78-65-63(72)62(71)64(66(73)74)79-67(65)76-57-58(77-60(69)54-51-48-45-42-39-35-24-21-18-15-12-9-6-3)56-75-59(68)53-50-47-44-41-38-36-33-31-28-26-23-20-17-14-11-8-5-2/h7,10,16,19,25,27,30,32,58,62-65,67,71-72H,4-6,8-9,11-15,17-18,20-24,26,28-29,31,33-57H2,1-3H3,(H,73,74)/b10-7-,19-16-,27-25-,32-30-. The van der Waals surface area contributed by atoms with Crippen LogP contribution >= 0.6 is 0 Å². The molecule has 0 bridgehead atoms. The highest BCUT2D eigenvalue weighted by atomic mass is 16.7. The maximum atomic E-state index is 13.2. The van der Waals surface area contributed by atoms with Crippen LogP contribution in [0.5, 0.6) is 0 Å². The van der Waals surface area contributed by atoms with Gasteiger partial charge in [-0.2, -0.15) is 0 Å². The number of ether oxygens (including phenoxy) is 5. The van der Waals surface area contributed by atoms with Crippen molar-refractivity contribution in [2.24, 2.45) is 0 Å². The molecule has 1 rings (SSSR count). The topological polar surface area (TPSA) is 175 Å². The summed E-state index contributed by atoms with van der Waals surface area (Å²) in [5.41, 5.74) is 0. The van der Waals surface area contributed by atoms with Gasteiger partial charge in [0.25, 0.3) is 0 Å². The van der Waals surface area contributed by atoms with Gasteiger partial charge in [0.1, 0.15) is 18.8 Å². The molecule has 1 aliphatic rings. The number of rotatable bonds is 56. The number of aliphatic hydroxyl groups is 2. The third kappa shape index (κ3) is 45.0. The average Bonchev–Trinajstić information content (AvgIpc) is 3.46. The molecule has 0 aromatic carbocycles. The molecule has 0 amide bonds. The molecule has 1 aliphatic heterocycles. The number of unbranched alkanes of at least 4 members (excludes halogenated alkanes) is 34. The van der Waals surface area contributed by atoms with Crippen molar-refractivity contribution >= 4 is 23.9 Å². The predicted octanol–water partition coefficient (Wildman–Crippen LogP) is 17.3. The first-order valence-electron chi connectivity index (χ1n) is 32.6. The molecule has 79 heavy (non-hydrogen) atoms. The van der Waals surface area contributed by atoms with Crippen LogP contribution in [0.4, 0.5) is 0 Å². The number of esters is 3. The summed E-state index contributed by atoms with van der Waals surface area (Å²) in [6, 6.07) is 0. The first-order valence-corrected chi connectivity index (χ1v) is 32.6. The maximum absolute atomic E-state index is 13.2. The Labute approximate surface area is 482 Å². The van der Waals surface area contributed by atoms with Crippen molar-refractivity contribution in [1.82, 2.24) is 0 Å². The van der Waals surface area contributed by atoms with Gasteiger partial charge in [-0.1, -0.05) is 275 Å². The highest BCUT2D eigenvalue weighted by Gasteiger charge is 2.50. The molecule has 458 valence electrons. The number of carboxylic acids is 1. The molecule has 1 saturated heterocycles. The van der Waals surface area contributed by atoms with Crippen molar-refractivity contribution in [2.75, 3.05) is 13.2 Å². The van der Waals surface area contributed by atoms with E-state index >= 15 is 0 Å². The van der Waals surface area contributed by atoms with Gasteiger partial charge in [0.2, 0.25) is 0 Å². The number of hydrogen-bond donors (Lipinski definition) is 3. The second-order valence-corrected chi connectivity index (χ2v) is 22.4. The van der Waals surface area contributed by atoms with Crippen LogP contribution in [0.3, 0.4) is 0 Å². The number of hydrogen-bond acceptors (Lipinski definition) is 11. The Morgan fingerprint density at radius 1 is 0.430 bits per heavy atom. The van der Waals surface area contributed by atoms with Gasteiger partial charge in [-0.05, 0) is 57.8 Å². The van der Waals surface area contributed by atoms with Crippen molar-refractivity contribution in [3.05, 3.63) is 48.6 Å². The molecular weight excluding hydrogens is 997 g/mol. The Morgan fingerprint density at radius 3 is 1.22 bits per heavy atom. The Morgan fingerprint density at radius 2 is 0.797 bits per heavy atom. The lowest BCUT2D eigenvalue weighted by Gasteiger charge is -2.40. The molecule has 0 aliphatic carbocycles. The highest BCUT2D eigenvalue weighted by molar-refractivity contribution is 5.74. The third-order valence-corrected chi connectivity index (χ3v) is 14.9. The van der Waals surface area contributed by atoms with Crippen LogP contribution in [0.15, 0.2) is 48.6 Å². The summed E-state index contributed by atoms with van der Waals surface area (Å²) in [5, 5.41) is 31.6. The maximum Gasteiger partial charge on any atom is 0.335 e. The first-order chi connectivity index (χ1) is 38.6. The molecule has 12 heteroatoms. The van der Waals surface area contributed by atoms with Gasteiger partial charge in [-0.25, -0.2) is 4.79 Å². The predicted molar refractivity (Wildman–Crippen MR) is 322 cm³/mol. The number of carboxylic acid groups (broad SMARTS) is 1. The fourth-order valence-electron chi connectivity index (χ4n) is 9.95. The summed E-state index contributed by atoms with van der Waals surface area (Å²) >= 11 is 0. The van der Waals surface area contributed by atoms with E-state index in [1.54, 1.807) is 0 Å². The van der Waals surface area contributed by atoms with Crippen molar-refractivity contribution in [2.45, 2.75) is 340 Å². The summed E-state index contributed by atoms with van der Waals surface area (Å²) in [7, 11) is 0. The van der Waals surface area contributed by atoms with Crippen molar-refractivity contribution in [3.8, 4) is 0 Å². The normalized spacial score (nSPS) is 18.1. The molecule has 6 atom stereocenters. The summed E-state index contributed by atoms with van der Waals surface area (Å²) in [6.45, 7) is 5.92. The molecule has 0 radical (unpaired) electrons. The molecule has 0 aromatic heterocycles. The second kappa shape index (κ2) is 55.2. The smallest absolute Gasteiger partial charge is 0.335 e. The van der Waals surface area contributed by atoms with E-state index in [0.717, 1.165) is 103 Å². The van der Waals surface area contributed by atoms with Crippen molar-refractivity contribution in [3.63, 3.8) is 0 Å². The van der Waals surface area contributed by atoms with E-state index < -0.39 is 67.3 Å². The number of carbonyl (C=O) groups is 4. The van der Waals surface area contributed by atoms with E-state index in [1.165, 1.54) is 141 Å². The lowest BCUT2D eigenvalue weighted by Crippen LogP contribution is -2.61. The van der Waals surface area contributed by atoms with E-state index in [0.29, 0.717) is 19.3 Å². The summed E-state index contributed by atoms with van der Waals surface area (Å²) in [5.74, 6) is -3.10. The molecule has 3 N–H and O–H groups in total. The summed E-state index contributed by atoms with van der Waals surface area (Å²) < 4.78 is 28.5. The summed E-state index contributed by atoms with van der Waals surface area (Å²) in [6.07, 6.45) is 54.9. The fourth-order valence-corrected chi connectivity index (χ4v) is 9.95. The first kappa shape index (κ1) is 73.7. The van der Waals surface area contributed by atoms with Crippen molar-refractivity contribution < 1.29 is 58.2 Å². The van der Waals surface area contributed by atoms with Gasteiger partial charge in [0.05, 0.1) is 6.61 Å². The van der Waals surface area contributed by atoms with Gasteiger partial charge in [0.15, 0.2) is 24.6 Å². The van der Waals surface area contributed by atoms with E-state index in [4.69, 9.17) is 23.7 Å². The largest absolute Gasteiger partial charge is 0.479 e. The van der Waals surface area contributed by atoms with Gasteiger partial charge < -0.3 is 39.0 Å². The zero-order valence-electron chi connectivity index (χ0n) is 50.6. The molecule has 0 aromatic rings. The van der Waals surface area contributed by atoms with Gasteiger partial charge >= 0.3 is 23.9 Å². The molecular formula is C67H118O12. The monoisotopic (exact) mass is 1110 g/mol. The van der Waals surface area contributed by atoms with E-state index in [2.05, 4.69) is 69.4 Å². The summed E-state index contributed by atoms with van der Waals surface area (Å²) in [4.78, 5) is 51.3. The van der Waals surface area contributed by atoms with Crippen molar-refractivity contribution in [1.29, 1.82) is 0 Å². The minimum atomic E-state index is -1.91. The van der Waals surface area contributed by atoms with Crippen LogP contribution in [0.25, 0.3) is 0 Å². The Kier molecular flexibility index (Phi) is 51.5. The SMILES string of the molecule is CC/C=C\C/C=C\C/C=C\C/C=C\CCCCCCCCC(=O)OC1C(OCC(COC(=O)CCCCCCCCCCCCCCCCCCC)OC(=O)CCCCCCCCCCCCCCC)OC(C(=O)O)C(O)C1O. The Balaban J connectivity index is 2.64. The lowest BCUT2D eigenvalue weighted by molar-refractivity contribution is -0.301. The number of carbonyl (C=O) groups excluding carboxylic acids is 3. The van der Waals surface area contributed by atoms with E-state index in [9.17, 15) is 34.5 Å². The number of allylic oxidation sites excluding steroid dienone is 8. The molecule has 1 fully saturated rings. The van der Waals surface area contributed by atoms with Crippen LogP contribution in [0, 0.1) is 0 Å². The Hall–Kier alpha value is -3.32. The second-order valence-electron chi connectivity index (χ2n) is 22.4. The minimum Gasteiger partial charge on any atom is -0.479 e. The fraction of sp³-hybridized carbons (Fsp3) is 0.821. The molecule has 12 nitrogen and oxygen atoms in total. The van der Waals surface area contributed by atoms with Crippen LogP contribution in [-0.4, -0.2) is 89.2 Å². The van der Waals surface area contributed by atoms with Crippen LogP contribution in [0.2, 0.25) is 0 Å². The lowest BCUT2D eigenvalue weighted by atomic mass is 9.98. The van der Waals surface area contributed by atoms with E-state index in [-0.39, 0.29) is 25.9 Å². The molecule has 0 spiro atoms. The average molecular weight is 1120 g/mol. The molecule has 1 heterocycles. The minimum absolute atomic E-state index is 0.0468. The highest BCUT2D eigenvalue weighted by Crippen LogP contribution is 2.27. The molecule has 0 saturated carbocycles. The zero-order chi connectivity index (χ0) is 57.5. The Bertz CT molecular complexity index is 1560. The van der Waals surface area contributed by atoms with Crippen LogP contribution in [0.1, 0.15) is 303 Å². The molecule has 6 unspecified atom stereocenters.